The van der Waals surface area contributed by atoms with Crippen LogP contribution in [0.5, 0.6) is 0 Å². The van der Waals surface area contributed by atoms with Gasteiger partial charge in [0.25, 0.3) is 5.92 Å². The Morgan fingerprint density at radius 3 is 1.92 bits per heavy atom. The van der Waals surface area contributed by atoms with Crippen LogP contribution in [-0.4, -0.2) is 5.92 Å². The van der Waals surface area contributed by atoms with Crippen molar-refractivity contribution in [2.75, 3.05) is 0 Å². The molecule has 0 N–H and O–H groups in total. The third-order valence-corrected chi connectivity index (χ3v) is 2.05. The summed E-state index contributed by atoms with van der Waals surface area (Å²) in [6, 6.07) is 0. The predicted molar refractivity (Wildman–Crippen MR) is 52.9 cm³/mol. The summed E-state index contributed by atoms with van der Waals surface area (Å²) in [5.74, 6) is -2.73. The zero-order chi connectivity index (χ0) is 10.6. The largest absolute Gasteiger partial charge is 0.266 e. The van der Waals surface area contributed by atoms with Crippen molar-refractivity contribution in [3.63, 3.8) is 0 Å². The van der Waals surface area contributed by atoms with Crippen LogP contribution in [-0.2, 0) is 0 Å². The van der Waals surface area contributed by atoms with E-state index in [0.717, 1.165) is 18.1 Å². The van der Waals surface area contributed by atoms with Crippen LogP contribution in [0, 0.1) is 0 Å². The Hall–Kier alpha value is -0.920. The molecule has 0 aliphatic heterocycles. The Kier molecular flexibility index (Phi) is 4.05. The summed E-state index contributed by atoms with van der Waals surface area (Å²) in [6.07, 6.45) is 3.16. The van der Waals surface area contributed by atoms with Gasteiger partial charge in [0.15, 0.2) is 0 Å². The Bertz CT molecular complexity index is 252. The Balaban J connectivity index is 4.87. The molecule has 0 nitrogen and oxygen atoms in total. The molecule has 0 saturated heterocycles. The molecule has 0 bridgehead atoms. The highest BCUT2D eigenvalue weighted by molar-refractivity contribution is 5.32. The first-order valence-electron chi connectivity index (χ1n) is 4.15. The maximum atomic E-state index is 12.7. The molecule has 0 aliphatic rings. The SMILES string of the molecule is C=C/C(C)=C(C)\C=C(/C)C(C)(F)F. The van der Waals surface area contributed by atoms with E-state index in [-0.39, 0.29) is 5.57 Å². The lowest BCUT2D eigenvalue weighted by molar-refractivity contribution is 0.0635. The van der Waals surface area contributed by atoms with E-state index in [2.05, 4.69) is 6.58 Å². The van der Waals surface area contributed by atoms with Crippen LogP contribution < -0.4 is 0 Å². The van der Waals surface area contributed by atoms with E-state index in [1.165, 1.54) is 13.0 Å². The molecule has 0 heterocycles. The van der Waals surface area contributed by atoms with Crippen LogP contribution in [0.25, 0.3) is 0 Å². The number of allylic oxidation sites excluding steroid dienone is 5. The van der Waals surface area contributed by atoms with Crippen LogP contribution >= 0.6 is 0 Å². The first kappa shape index (κ1) is 12.1. The summed E-state index contributed by atoms with van der Waals surface area (Å²) in [7, 11) is 0. The smallest absolute Gasteiger partial charge is 0.202 e. The van der Waals surface area contributed by atoms with Crippen molar-refractivity contribution in [1.29, 1.82) is 0 Å². The van der Waals surface area contributed by atoms with Crippen LogP contribution in [0.3, 0.4) is 0 Å². The van der Waals surface area contributed by atoms with Crippen LogP contribution in [0.2, 0.25) is 0 Å². The van der Waals surface area contributed by atoms with Gasteiger partial charge in [-0.1, -0.05) is 18.7 Å². The maximum Gasteiger partial charge on any atom is 0.266 e. The van der Waals surface area contributed by atoms with Crippen LogP contribution in [0.4, 0.5) is 8.78 Å². The first-order valence-corrected chi connectivity index (χ1v) is 4.15. The lowest BCUT2D eigenvalue weighted by Gasteiger charge is -2.11. The molecular formula is C11H16F2. The van der Waals surface area contributed by atoms with Crippen LogP contribution in [0.1, 0.15) is 27.7 Å². The average molecular weight is 186 g/mol. The molecule has 0 unspecified atom stereocenters. The molecule has 0 aromatic carbocycles. The molecule has 0 aliphatic carbocycles. The highest BCUT2D eigenvalue weighted by Gasteiger charge is 2.23. The van der Waals surface area contributed by atoms with E-state index in [1.54, 1.807) is 13.0 Å². The summed E-state index contributed by atoms with van der Waals surface area (Å²) >= 11 is 0. The van der Waals surface area contributed by atoms with E-state index in [9.17, 15) is 8.78 Å². The minimum Gasteiger partial charge on any atom is -0.202 e. The second kappa shape index (κ2) is 4.35. The molecule has 2 heteroatoms. The standard InChI is InChI=1S/C11H16F2/c1-6-8(2)9(3)7-10(4)11(5,12)13/h6-7H,1H2,2-5H3/b9-8-,10-7+. The molecule has 0 amide bonds. The molecule has 0 spiro atoms. The van der Waals surface area contributed by atoms with E-state index < -0.39 is 5.92 Å². The maximum absolute atomic E-state index is 12.7. The summed E-state index contributed by atoms with van der Waals surface area (Å²) in [5.41, 5.74) is 1.82. The molecule has 13 heavy (non-hydrogen) atoms. The van der Waals surface area contributed by atoms with Crippen LogP contribution in [0.15, 0.2) is 35.5 Å². The quantitative estimate of drug-likeness (QED) is 0.582. The number of hydrogen-bond acceptors (Lipinski definition) is 0. The summed E-state index contributed by atoms with van der Waals surface area (Å²) in [4.78, 5) is 0. The van der Waals surface area contributed by atoms with Gasteiger partial charge in [0.05, 0.1) is 0 Å². The van der Waals surface area contributed by atoms with Crippen molar-refractivity contribution >= 4 is 0 Å². The zero-order valence-corrected chi connectivity index (χ0v) is 8.62. The highest BCUT2D eigenvalue weighted by Crippen LogP contribution is 2.24. The lowest BCUT2D eigenvalue weighted by atomic mass is 10.1. The van der Waals surface area contributed by atoms with Gasteiger partial charge in [-0.2, -0.15) is 0 Å². The van der Waals surface area contributed by atoms with Crippen molar-refractivity contribution in [1.82, 2.24) is 0 Å². The van der Waals surface area contributed by atoms with Crippen molar-refractivity contribution in [3.8, 4) is 0 Å². The van der Waals surface area contributed by atoms with Gasteiger partial charge < -0.3 is 0 Å². The minimum atomic E-state index is -2.73. The fraction of sp³-hybridized carbons (Fsp3) is 0.455. The number of alkyl halides is 2. The van der Waals surface area contributed by atoms with Crippen molar-refractivity contribution in [2.24, 2.45) is 0 Å². The molecule has 0 rings (SSSR count). The van der Waals surface area contributed by atoms with Crippen molar-refractivity contribution < 1.29 is 8.78 Å². The first-order chi connectivity index (χ1) is 5.79. The van der Waals surface area contributed by atoms with Gasteiger partial charge in [0, 0.05) is 6.92 Å². The predicted octanol–water partition coefficient (Wildman–Crippen LogP) is 4.11. The van der Waals surface area contributed by atoms with Gasteiger partial charge in [0.2, 0.25) is 0 Å². The molecule has 0 aromatic heterocycles. The zero-order valence-electron chi connectivity index (χ0n) is 8.62. The number of rotatable bonds is 3. The Labute approximate surface area is 78.7 Å². The van der Waals surface area contributed by atoms with E-state index in [1.807, 2.05) is 6.92 Å². The monoisotopic (exact) mass is 186 g/mol. The normalized spacial score (nSPS) is 15.4. The van der Waals surface area contributed by atoms with E-state index >= 15 is 0 Å². The highest BCUT2D eigenvalue weighted by atomic mass is 19.3. The third-order valence-electron chi connectivity index (χ3n) is 2.05. The third kappa shape index (κ3) is 4.02. The average Bonchev–Trinajstić information content (AvgIpc) is 2.01. The fourth-order valence-corrected chi connectivity index (χ4v) is 0.726. The van der Waals surface area contributed by atoms with E-state index in [4.69, 9.17) is 0 Å². The van der Waals surface area contributed by atoms with Gasteiger partial charge in [-0.3, -0.25) is 0 Å². The number of halogens is 2. The van der Waals surface area contributed by atoms with Gasteiger partial charge in [-0.05, 0) is 37.5 Å². The molecule has 0 radical (unpaired) electrons. The molecule has 0 atom stereocenters. The minimum absolute atomic E-state index is 0.0752. The lowest BCUT2D eigenvalue weighted by Crippen LogP contribution is -2.11. The summed E-state index contributed by atoms with van der Waals surface area (Å²) < 4.78 is 25.5. The summed E-state index contributed by atoms with van der Waals surface area (Å²) in [5, 5.41) is 0. The molecule has 0 fully saturated rings. The van der Waals surface area contributed by atoms with Gasteiger partial charge in [0.1, 0.15) is 0 Å². The summed E-state index contributed by atoms with van der Waals surface area (Å²) in [6.45, 7) is 9.55. The molecular weight excluding hydrogens is 170 g/mol. The second-order valence-electron chi connectivity index (χ2n) is 3.29. The second-order valence-corrected chi connectivity index (χ2v) is 3.29. The van der Waals surface area contributed by atoms with Crippen molar-refractivity contribution in [3.05, 3.63) is 35.5 Å². The topological polar surface area (TPSA) is 0 Å². The molecule has 0 aromatic rings. The Morgan fingerprint density at radius 2 is 1.62 bits per heavy atom. The van der Waals surface area contributed by atoms with Gasteiger partial charge >= 0.3 is 0 Å². The van der Waals surface area contributed by atoms with Crippen molar-refractivity contribution in [2.45, 2.75) is 33.6 Å². The van der Waals surface area contributed by atoms with Gasteiger partial charge in [-0.25, -0.2) is 8.78 Å². The Morgan fingerprint density at radius 1 is 1.15 bits per heavy atom. The molecule has 0 saturated carbocycles. The fourth-order valence-electron chi connectivity index (χ4n) is 0.726. The van der Waals surface area contributed by atoms with E-state index in [0.29, 0.717) is 0 Å². The number of hydrogen-bond donors (Lipinski definition) is 0. The van der Waals surface area contributed by atoms with Gasteiger partial charge in [-0.15, -0.1) is 0 Å². The molecule has 74 valence electrons.